The molecule has 0 aliphatic carbocycles. The molecule has 2 atom stereocenters. The molecule has 1 aromatic heterocycles. The first kappa shape index (κ1) is 16.1. The lowest BCUT2D eigenvalue weighted by Crippen LogP contribution is -2.13. The minimum atomic E-state index is -1.80. The summed E-state index contributed by atoms with van der Waals surface area (Å²) in [7, 11) is -3.41. The summed E-state index contributed by atoms with van der Waals surface area (Å²) in [5.74, 6) is -0.562. The monoisotopic (exact) mass is 417 g/mol. The molecule has 0 spiro atoms. The molecule has 1 rings (SSSR count). The minimum Gasteiger partial charge on any atom is -0.571 e. The molecule has 2 unspecified atom stereocenters. The normalized spacial score (nSPS) is 13.8. The third-order valence-corrected chi connectivity index (χ3v) is 7.90. The van der Waals surface area contributed by atoms with Gasteiger partial charge in [-0.2, -0.15) is 5.26 Å². The zero-order chi connectivity index (χ0) is 13.9. The second-order valence-corrected chi connectivity index (χ2v) is 9.23. The molecule has 98 valence electrons. The third-order valence-electron chi connectivity index (χ3n) is 1.75. The molecule has 0 amide bonds. The fourth-order valence-electron chi connectivity index (χ4n) is 1.04. The molecule has 0 N–H and O–H groups in total. The second kappa shape index (κ2) is 6.97. The molecule has 0 fully saturated rings. The van der Waals surface area contributed by atoms with Crippen molar-refractivity contribution in [3.05, 3.63) is 14.0 Å². The molecule has 0 aliphatic rings. The van der Waals surface area contributed by atoms with Gasteiger partial charge in [0.15, 0.2) is 10.2 Å². The van der Waals surface area contributed by atoms with E-state index in [-0.39, 0.29) is 21.3 Å². The Morgan fingerprint density at radius 2 is 2.22 bits per heavy atom. The largest absolute Gasteiger partial charge is 0.571 e. The molecule has 1 aromatic rings. The molecular formula is C9H8INO4S3. The van der Waals surface area contributed by atoms with Crippen LogP contribution >= 0.6 is 33.9 Å². The zero-order valence-corrected chi connectivity index (χ0v) is 14.0. The Morgan fingerprint density at radius 1 is 1.61 bits per heavy atom. The summed E-state index contributed by atoms with van der Waals surface area (Å²) in [4.78, 5) is 11.9. The number of nitrogens with zero attached hydrogens (tertiary/aromatic N) is 1. The number of thiophene rings is 1. The van der Waals surface area contributed by atoms with Crippen LogP contribution in [-0.4, -0.2) is 27.9 Å². The quantitative estimate of drug-likeness (QED) is 0.322. The molecule has 1 heterocycles. The number of rotatable bonds is 4. The topological polar surface area (TPSA) is 96.2 Å². The van der Waals surface area contributed by atoms with Crippen molar-refractivity contribution in [3.8, 4) is 6.07 Å². The van der Waals surface area contributed by atoms with Gasteiger partial charge in [-0.15, -0.1) is 0 Å². The summed E-state index contributed by atoms with van der Waals surface area (Å²) < 4.78 is 28.4. The van der Waals surface area contributed by atoms with Crippen molar-refractivity contribution in [2.45, 2.75) is 11.1 Å². The van der Waals surface area contributed by atoms with Crippen LogP contribution in [0.5, 0.6) is 0 Å². The lowest BCUT2D eigenvalue weighted by Gasteiger charge is -2.05. The van der Waals surface area contributed by atoms with Gasteiger partial charge in [-0.3, -0.25) is 0 Å². The Balaban J connectivity index is 3.26. The van der Waals surface area contributed by atoms with E-state index in [2.05, 4.69) is 0 Å². The molecule has 0 aliphatic heterocycles. The van der Waals surface area contributed by atoms with E-state index in [9.17, 15) is 13.9 Å². The Morgan fingerprint density at radius 3 is 2.67 bits per heavy atom. The maximum atomic E-state index is 11.8. The maximum Gasteiger partial charge on any atom is 0.349 e. The third kappa shape index (κ3) is 3.31. The van der Waals surface area contributed by atoms with E-state index in [1.54, 1.807) is 6.92 Å². The van der Waals surface area contributed by atoms with Crippen molar-refractivity contribution < 1.29 is 18.6 Å². The predicted octanol–water partition coefficient (Wildman–Crippen LogP) is 1.80. The van der Waals surface area contributed by atoms with Crippen LogP contribution in [0.2, 0.25) is 0 Å². The minimum absolute atomic E-state index is 0.136. The standard InChI is InChI=1S/C9H8INO4S3/c1-3-15-8(12)7-6(10)5(4-11)9(16-7)18(14)17(2)13/h3H2,1-2H3. The van der Waals surface area contributed by atoms with Crippen LogP contribution < -0.4 is 0 Å². The highest BCUT2D eigenvalue weighted by atomic mass is 127. The van der Waals surface area contributed by atoms with E-state index < -0.39 is 26.4 Å². The number of nitriles is 1. The van der Waals surface area contributed by atoms with Gasteiger partial charge in [0.1, 0.15) is 22.8 Å². The van der Waals surface area contributed by atoms with E-state index in [1.807, 2.05) is 28.7 Å². The van der Waals surface area contributed by atoms with E-state index in [0.717, 1.165) is 11.3 Å². The predicted molar refractivity (Wildman–Crippen MR) is 78.2 cm³/mol. The molecule has 0 saturated heterocycles. The van der Waals surface area contributed by atoms with Crippen molar-refractivity contribution in [1.29, 1.82) is 5.26 Å². The molecule has 0 bridgehead atoms. The highest BCUT2D eigenvalue weighted by Crippen LogP contribution is 2.35. The SMILES string of the molecule is CCOC(=O)c1sc([S+]([O-])[S+](C)[O-])c(C#N)c1I. The number of halogens is 1. The number of hydrogen-bond donors (Lipinski definition) is 0. The summed E-state index contributed by atoms with van der Waals surface area (Å²) in [6.07, 6.45) is 1.29. The molecule has 0 radical (unpaired) electrons. The highest BCUT2D eigenvalue weighted by Gasteiger charge is 2.35. The van der Waals surface area contributed by atoms with Crippen LogP contribution in [0.25, 0.3) is 0 Å². The fraction of sp³-hybridized carbons (Fsp3) is 0.333. The first-order valence-electron chi connectivity index (χ1n) is 4.59. The molecule has 0 aromatic carbocycles. The van der Waals surface area contributed by atoms with Crippen LogP contribution in [0.1, 0.15) is 22.2 Å². The smallest absolute Gasteiger partial charge is 0.349 e. The Hall–Kier alpha value is 0.01000. The van der Waals surface area contributed by atoms with Gasteiger partial charge in [0.05, 0.1) is 10.2 Å². The molecule has 0 saturated carbocycles. The van der Waals surface area contributed by atoms with Gasteiger partial charge in [0.25, 0.3) is 4.21 Å². The van der Waals surface area contributed by atoms with Gasteiger partial charge in [0, 0.05) is 0 Å². The molecule has 18 heavy (non-hydrogen) atoms. The first-order chi connectivity index (χ1) is 8.43. The van der Waals surface area contributed by atoms with Gasteiger partial charge < -0.3 is 13.8 Å². The van der Waals surface area contributed by atoms with E-state index >= 15 is 0 Å². The van der Waals surface area contributed by atoms with Crippen LogP contribution in [0.15, 0.2) is 4.21 Å². The number of carbonyl (C=O) groups excluding carboxylic acids is 1. The second-order valence-electron chi connectivity index (χ2n) is 2.88. The lowest BCUT2D eigenvalue weighted by atomic mass is 10.3. The zero-order valence-electron chi connectivity index (χ0n) is 9.39. The Kier molecular flexibility index (Phi) is 6.22. The van der Waals surface area contributed by atoms with E-state index in [1.165, 1.54) is 6.26 Å². The van der Waals surface area contributed by atoms with Crippen LogP contribution in [0, 0.1) is 14.9 Å². The van der Waals surface area contributed by atoms with Crippen molar-refractivity contribution in [2.24, 2.45) is 0 Å². The van der Waals surface area contributed by atoms with E-state index in [4.69, 9.17) is 10.00 Å². The van der Waals surface area contributed by atoms with Crippen molar-refractivity contribution in [1.82, 2.24) is 0 Å². The lowest BCUT2D eigenvalue weighted by molar-refractivity contribution is 0.0531. The molecular weight excluding hydrogens is 409 g/mol. The Labute approximate surface area is 127 Å². The van der Waals surface area contributed by atoms with Gasteiger partial charge in [-0.1, -0.05) is 11.3 Å². The maximum absolute atomic E-state index is 11.8. The summed E-state index contributed by atoms with van der Waals surface area (Å²) >= 11 is 2.72. The number of ether oxygens (including phenoxy) is 1. The molecule has 9 heteroatoms. The summed E-state index contributed by atoms with van der Waals surface area (Å²) in [5.41, 5.74) is 0.136. The number of carbonyl (C=O) groups is 1. The Bertz CT molecular complexity index is 497. The van der Waals surface area contributed by atoms with Crippen LogP contribution in [0.4, 0.5) is 0 Å². The van der Waals surface area contributed by atoms with Crippen molar-refractivity contribution in [3.63, 3.8) is 0 Å². The van der Waals surface area contributed by atoms with Crippen LogP contribution in [0.3, 0.4) is 0 Å². The first-order valence-corrected chi connectivity index (χ1v) is 9.71. The van der Waals surface area contributed by atoms with Crippen LogP contribution in [-0.2, 0) is 25.2 Å². The molecule has 5 nitrogen and oxygen atoms in total. The van der Waals surface area contributed by atoms with Gasteiger partial charge in [-0.05, 0) is 29.5 Å². The average molecular weight is 417 g/mol. The number of esters is 1. The average Bonchev–Trinajstić information content (AvgIpc) is 2.65. The summed E-state index contributed by atoms with van der Waals surface area (Å²) in [6, 6.07) is 1.88. The summed E-state index contributed by atoms with van der Waals surface area (Å²) in [6.45, 7) is 1.89. The van der Waals surface area contributed by atoms with Crippen molar-refractivity contribution in [2.75, 3.05) is 12.9 Å². The fourth-order valence-corrected chi connectivity index (χ4v) is 6.22. The van der Waals surface area contributed by atoms with Crippen molar-refractivity contribution >= 4 is 60.3 Å². The highest BCUT2D eigenvalue weighted by molar-refractivity contribution is 14.1. The number of hydrogen-bond acceptors (Lipinski definition) is 6. The van der Waals surface area contributed by atoms with Gasteiger partial charge in [0.2, 0.25) is 10.2 Å². The van der Waals surface area contributed by atoms with Gasteiger partial charge >= 0.3 is 5.97 Å². The van der Waals surface area contributed by atoms with E-state index in [0.29, 0.717) is 3.57 Å². The summed E-state index contributed by atoms with van der Waals surface area (Å²) in [5, 5.41) is 9.02. The van der Waals surface area contributed by atoms with Gasteiger partial charge in [-0.25, -0.2) is 4.79 Å².